The van der Waals surface area contributed by atoms with Gasteiger partial charge < -0.3 is 18.8 Å². The summed E-state index contributed by atoms with van der Waals surface area (Å²) < 4.78 is 17.3. The summed E-state index contributed by atoms with van der Waals surface area (Å²) in [6.45, 7) is 5.50. The number of hydrogen-bond acceptors (Lipinski definition) is 6. The van der Waals surface area contributed by atoms with Crippen molar-refractivity contribution in [3.63, 3.8) is 0 Å². The van der Waals surface area contributed by atoms with Crippen molar-refractivity contribution in [2.75, 3.05) is 19.7 Å². The van der Waals surface area contributed by atoms with Gasteiger partial charge in [0, 0.05) is 24.6 Å². The van der Waals surface area contributed by atoms with E-state index < -0.39 is 0 Å². The average molecular weight is 343 g/mol. The number of rotatable bonds is 3. The fourth-order valence-electron chi connectivity index (χ4n) is 3.50. The zero-order valence-electron chi connectivity index (χ0n) is 14.4. The Morgan fingerprint density at radius 3 is 2.92 bits per heavy atom. The molecular weight excluding hydrogens is 322 g/mol. The van der Waals surface area contributed by atoms with E-state index >= 15 is 0 Å². The topological polar surface area (TPSA) is 77.7 Å². The minimum atomic E-state index is -0.323. The summed E-state index contributed by atoms with van der Waals surface area (Å²) in [5, 5.41) is 0. The highest BCUT2D eigenvalue weighted by molar-refractivity contribution is 5.93. The lowest BCUT2D eigenvalue weighted by Gasteiger charge is -2.52. The molecule has 2 aromatic heterocycles. The zero-order chi connectivity index (χ0) is 17.4. The minimum Gasteiger partial charge on any atom is -0.473 e. The fourth-order valence-corrected chi connectivity index (χ4v) is 3.50. The van der Waals surface area contributed by atoms with E-state index in [2.05, 4.69) is 9.97 Å². The molecule has 1 unspecified atom stereocenters. The second-order valence-electron chi connectivity index (χ2n) is 6.86. The van der Waals surface area contributed by atoms with E-state index in [1.807, 2.05) is 13.8 Å². The van der Waals surface area contributed by atoms with Gasteiger partial charge in [-0.15, -0.1) is 0 Å². The second kappa shape index (κ2) is 6.15. The maximum Gasteiger partial charge on any atom is 0.290 e. The van der Waals surface area contributed by atoms with Gasteiger partial charge in [-0.2, -0.15) is 0 Å². The fraction of sp³-hybridized carbons (Fsp3) is 0.500. The van der Waals surface area contributed by atoms with Crippen molar-refractivity contribution in [3.05, 3.63) is 41.7 Å². The van der Waals surface area contributed by atoms with Gasteiger partial charge in [-0.25, -0.2) is 4.98 Å². The first kappa shape index (κ1) is 16.1. The Morgan fingerprint density at radius 2 is 2.20 bits per heavy atom. The standard InChI is InChI=1S/C18H21N3O4/c1-12-3-5-23-16(12)17(22)21-10-18(11-21)7-14(4-6-24-18)25-15-9-19-8-13(2)20-15/h3,5,8-9,14H,4,6-7,10-11H2,1-2H3. The molecule has 0 saturated carbocycles. The van der Waals surface area contributed by atoms with E-state index in [0.29, 0.717) is 31.3 Å². The number of amides is 1. The Balaban J connectivity index is 1.38. The lowest BCUT2D eigenvalue weighted by atomic mass is 9.84. The van der Waals surface area contributed by atoms with Crippen LogP contribution in [0.15, 0.2) is 29.1 Å². The van der Waals surface area contributed by atoms with Crippen molar-refractivity contribution >= 4 is 5.91 Å². The summed E-state index contributed by atoms with van der Waals surface area (Å²) in [7, 11) is 0. The number of carbonyl (C=O) groups excluding carboxylic acids is 1. The van der Waals surface area contributed by atoms with Crippen LogP contribution >= 0.6 is 0 Å². The number of aryl methyl sites for hydroxylation is 2. The van der Waals surface area contributed by atoms with Crippen molar-refractivity contribution < 1.29 is 18.7 Å². The molecule has 1 atom stereocenters. The molecule has 0 bridgehead atoms. The van der Waals surface area contributed by atoms with Crippen molar-refractivity contribution in [2.45, 2.75) is 38.4 Å². The lowest BCUT2D eigenvalue weighted by Crippen LogP contribution is -2.67. The van der Waals surface area contributed by atoms with Crippen LogP contribution < -0.4 is 4.74 Å². The van der Waals surface area contributed by atoms with Crippen molar-refractivity contribution in [3.8, 4) is 5.88 Å². The van der Waals surface area contributed by atoms with Gasteiger partial charge in [0.05, 0.1) is 37.9 Å². The van der Waals surface area contributed by atoms with Crippen LogP contribution in [0, 0.1) is 13.8 Å². The highest BCUT2D eigenvalue weighted by atomic mass is 16.5. The summed E-state index contributed by atoms with van der Waals surface area (Å²) >= 11 is 0. The number of hydrogen-bond donors (Lipinski definition) is 0. The molecule has 2 saturated heterocycles. The van der Waals surface area contributed by atoms with E-state index in [1.165, 1.54) is 0 Å². The van der Waals surface area contributed by atoms with Gasteiger partial charge in [0.2, 0.25) is 5.88 Å². The molecule has 2 aliphatic heterocycles. The van der Waals surface area contributed by atoms with Crippen LogP contribution in [-0.4, -0.2) is 52.2 Å². The van der Waals surface area contributed by atoms with Gasteiger partial charge in [0.25, 0.3) is 5.91 Å². The molecule has 2 aliphatic rings. The first-order valence-corrected chi connectivity index (χ1v) is 8.47. The Bertz CT molecular complexity index is 782. The van der Waals surface area contributed by atoms with E-state index in [9.17, 15) is 4.79 Å². The Labute approximate surface area is 146 Å². The smallest absolute Gasteiger partial charge is 0.290 e. The molecule has 25 heavy (non-hydrogen) atoms. The number of aromatic nitrogens is 2. The normalized spacial score (nSPS) is 21.8. The van der Waals surface area contributed by atoms with Crippen LogP contribution in [-0.2, 0) is 4.74 Å². The quantitative estimate of drug-likeness (QED) is 0.850. The molecule has 2 fully saturated rings. The molecular formula is C18H21N3O4. The molecule has 7 heteroatoms. The van der Waals surface area contributed by atoms with Gasteiger partial charge in [0.15, 0.2) is 5.76 Å². The summed E-state index contributed by atoms with van der Waals surface area (Å²) in [4.78, 5) is 22.7. The number of furan rings is 1. The van der Waals surface area contributed by atoms with E-state index in [4.69, 9.17) is 13.9 Å². The predicted molar refractivity (Wildman–Crippen MR) is 88.5 cm³/mol. The third-order valence-electron chi connectivity index (χ3n) is 4.77. The highest BCUT2D eigenvalue weighted by Crippen LogP contribution is 2.36. The number of ether oxygens (including phenoxy) is 2. The van der Waals surface area contributed by atoms with Crippen molar-refractivity contribution in [2.24, 2.45) is 0 Å². The van der Waals surface area contributed by atoms with Gasteiger partial charge in [-0.05, 0) is 19.9 Å². The lowest BCUT2D eigenvalue weighted by molar-refractivity contribution is -0.174. The second-order valence-corrected chi connectivity index (χ2v) is 6.86. The van der Waals surface area contributed by atoms with Crippen LogP contribution in [0.5, 0.6) is 5.88 Å². The molecule has 0 aliphatic carbocycles. The first-order valence-electron chi connectivity index (χ1n) is 8.47. The van der Waals surface area contributed by atoms with Crippen LogP contribution in [0.25, 0.3) is 0 Å². The Hall–Kier alpha value is -2.41. The number of likely N-dealkylation sites (tertiary alicyclic amines) is 1. The largest absolute Gasteiger partial charge is 0.473 e. The molecule has 2 aromatic rings. The molecule has 7 nitrogen and oxygen atoms in total. The van der Waals surface area contributed by atoms with Crippen LogP contribution in [0.2, 0.25) is 0 Å². The van der Waals surface area contributed by atoms with E-state index in [1.54, 1.807) is 29.6 Å². The number of carbonyl (C=O) groups is 1. The minimum absolute atomic E-state index is 0.0208. The maximum absolute atomic E-state index is 12.5. The van der Waals surface area contributed by atoms with Gasteiger partial charge in [-0.3, -0.25) is 9.78 Å². The molecule has 4 rings (SSSR count). The molecule has 1 amide bonds. The summed E-state index contributed by atoms with van der Waals surface area (Å²) in [5.74, 6) is 0.873. The predicted octanol–water partition coefficient (Wildman–Crippen LogP) is 2.14. The molecule has 0 radical (unpaired) electrons. The van der Waals surface area contributed by atoms with Gasteiger partial charge in [0.1, 0.15) is 11.7 Å². The van der Waals surface area contributed by atoms with Crippen LogP contribution in [0.1, 0.15) is 34.7 Å². The molecule has 4 heterocycles. The van der Waals surface area contributed by atoms with E-state index in [0.717, 1.165) is 24.1 Å². The average Bonchev–Trinajstić information content (AvgIpc) is 2.98. The Morgan fingerprint density at radius 1 is 1.36 bits per heavy atom. The van der Waals surface area contributed by atoms with Gasteiger partial charge in [-0.1, -0.05) is 0 Å². The zero-order valence-corrected chi connectivity index (χ0v) is 14.4. The van der Waals surface area contributed by atoms with E-state index in [-0.39, 0.29) is 17.6 Å². The molecule has 132 valence electrons. The molecule has 1 spiro atoms. The summed E-state index contributed by atoms with van der Waals surface area (Å²) in [6, 6.07) is 1.80. The van der Waals surface area contributed by atoms with Crippen molar-refractivity contribution in [1.29, 1.82) is 0 Å². The number of nitrogens with zero attached hydrogens (tertiary/aromatic N) is 3. The monoisotopic (exact) mass is 343 g/mol. The van der Waals surface area contributed by atoms with Crippen molar-refractivity contribution in [1.82, 2.24) is 14.9 Å². The third-order valence-corrected chi connectivity index (χ3v) is 4.77. The third kappa shape index (κ3) is 3.11. The summed E-state index contributed by atoms with van der Waals surface area (Å²) in [6.07, 6.45) is 6.44. The highest BCUT2D eigenvalue weighted by Gasteiger charge is 2.50. The van der Waals surface area contributed by atoms with Crippen LogP contribution in [0.3, 0.4) is 0 Å². The van der Waals surface area contributed by atoms with Crippen LogP contribution in [0.4, 0.5) is 0 Å². The summed E-state index contributed by atoms with van der Waals surface area (Å²) in [5.41, 5.74) is 1.36. The SMILES string of the molecule is Cc1cncc(OC2CCOC3(C2)CN(C(=O)c2occc2C)C3)n1. The molecule has 0 N–H and O–H groups in total. The molecule has 0 aromatic carbocycles. The maximum atomic E-state index is 12.5. The first-order chi connectivity index (χ1) is 12.0. The van der Waals surface area contributed by atoms with Gasteiger partial charge >= 0.3 is 0 Å². The Kier molecular flexibility index (Phi) is 3.95.